The Labute approximate surface area is 184 Å². The summed E-state index contributed by atoms with van der Waals surface area (Å²) in [6, 6.07) is 7.58. The molecule has 1 N–H and O–H groups in total. The van der Waals surface area contributed by atoms with Gasteiger partial charge in [0.05, 0.1) is 43.9 Å². The molecule has 31 heavy (non-hydrogen) atoms. The highest BCUT2D eigenvalue weighted by Gasteiger charge is 2.36. The Morgan fingerprint density at radius 2 is 1.87 bits per heavy atom. The summed E-state index contributed by atoms with van der Waals surface area (Å²) in [5.41, 5.74) is 1.02. The molecule has 6 heteroatoms. The van der Waals surface area contributed by atoms with Gasteiger partial charge in [-0.25, -0.2) is 0 Å². The van der Waals surface area contributed by atoms with Gasteiger partial charge in [-0.1, -0.05) is 43.7 Å². The van der Waals surface area contributed by atoms with Crippen LogP contribution in [0, 0.1) is 11.3 Å². The summed E-state index contributed by atoms with van der Waals surface area (Å²) in [6.45, 7) is 7.74. The molecule has 0 aromatic heterocycles. The van der Waals surface area contributed by atoms with Crippen molar-refractivity contribution in [2.45, 2.75) is 59.4 Å². The Hall–Kier alpha value is -2.44. The molecular formula is C25H34O6. The summed E-state index contributed by atoms with van der Waals surface area (Å²) in [5, 5.41) is 10.3. The van der Waals surface area contributed by atoms with E-state index in [1.54, 1.807) is 32.3 Å². The molecule has 0 aliphatic carbocycles. The SMILES string of the molecule is COc1ccc(COC2C/C=C\[C@@H](O)C(C)C(=O)OCC/C(C)=C/C(=O)C2(C)C)cc1. The van der Waals surface area contributed by atoms with E-state index in [0.29, 0.717) is 19.4 Å². The van der Waals surface area contributed by atoms with Crippen LogP contribution in [0.15, 0.2) is 48.1 Å². The zero-order valence-electron chi connectivity index (χ0n) is 19.1. The van der Waals surface area contributed by atoms with Gasteiger partial charge in [-0.2, -0.15) is 0 Å². The molecule has 0 spiro atoms. The second-order valence-corrected chi connectivity index (χ2v) is 8.58. The highest BCUT2D eigenvalue weighted by atomic mass is 16.5. The minimum atomic E-state index is -0.965. The van der Waals surface area contributed by atoms with E-state index >= 15 is 0 Å². The van der Waals surface area contributed by atoms with E-state index in [9.17, 15) is 14.7 Å². The van der Waals surface area contributed by atoms with Gasteiger partial charge >= 0.3 is 5.97 Å². The van der Waals surface area contributed by atoms with Gasteiger partial charge in [-0.05, 0) is 44.0 Å². The molecule has 3 atom stereocenters. The summed E-state index contributed by atoms with van der Waals surface area (Å²) in [5.74, 6) is -0.407. The van der Waals surface area contributed by atoms with E-state index in [0.717, 1.165) is 16.9 Å². The van der Waals surface area contributed by atoms with Crippen LogP contribution in [-0.2, 0) is 25.7 Å². The molecule has 170 valence electrons. The Balaban J connectivity index is 2.25. The van der Waals surface area contributed by atoms with Gasteiger partial charge in [0.15, 0.2) is 5.78 Å². The van der Waals surface area contributed by atoms with Crippen LogP contribution in [0.2, 0.25) is 0 Å². The molecule has 0 saturated heterocycles. The number of hydrogen-bond acceptors (Lipinski definition) is 6. The van der Waals surface area contributed by atoms with Gasteiger partial charge in [0.1, 0.15) is 5.75 Å². The van der Waals surface area contributed by atoms with Gasteiger partial charge in [0.2, 0.25) is 0 Å². The molecular weight excluding hydrogens is 396 g/mol. The number of ketones is 1. The largest absolute Gasteiger partial charge is 0.497 e. The maximum Gasteiger partial charge on any atom is 0.311 e. The van der Waals surface area contributed by atoms with Crippen LogP contribution in [0.3, 0.4) is 0 Å². The summed E-state index contributed by atoms with van der Waals surface area (Å²) in [6.07, 6.45) is 4.45. The van der Waals surface area contributed by atoms with Crippen LogP contribution in [0.5, 0.6) is 5.75 Å². The molecule has 1 heterocycles. The van der Waals surface area contributed by atoms with E-state index in [2.05, 4.69) is 0 Å². The summed E-state index contributed by atoms with van der Waals surface area (Å²) < 4.78 is 16.6. The number of rotatable bonds is 4. The molecule has 0 saturated carbocycles. The first-order chi connectivity index (χ1) is 14.6. The standard InChI is InChI=1S/C25H34O6/c1-17-13-14-30-24(28)18(2)21(26)7-6-8-23(25(3,4)22(27)15-17)31-16-19-9-11-20(29-5)12-10-19/h6-7,9-12,15,18,21,23,26H,8,13-14,16H2,1-5H3/b7-6-,17-15+/t18?,21-,23?/m1/s1. The number of methoxy groups -OCH3 is 1. The van der Waals surface area contributed by atoms with Gasteiger partial charge < -0.3 is 19.3 Å². The van der Waals surface area contributed by atoms with Crippen molar-refractivity contribution in [1.29, 1.82) is 0 Å². The van der Waals surface area contributed by atoms with E-state index < -0.39 is 29.5 Å². The maximum atomic E-state index is 13.0. The summed E-state index contributed by atoms with van der Waals surface area (Å²) in [7, 11) is 1.62. The van der Waals surface area contributed by atoms with E-state index in [1.165, 1.54) is 0 Å². The van der Waals surface area contributed by atoms with Crippen LogP contribution in [0.1, 0.15) is 46.1 Å². The Kier molecular flexibility index (Phi) is 9.01. The molecule has 1 aromatic rings. The smallest absolute Gasteiger partial charge is 0.311 e. The number of esters is 1. The Morgan fingerprint density at radius 1 is 1.19 bits per heavy atom. The van der Waals surface area contributed by atoms with Crippen molar-refractivity contribution < 1.29 is 28.9 Å². The highest BCUT2D eigenvalue weighted by Crippen LogP contribution is 2.30. The topological polar surface area (TPSA) is 82.1 Å². The lowest BCUT2D eigenvalue weighted by atomic mass is 9.79. The molecule has 2 rings (SSSR count). The van der Waals surface area contributed by atoms with Crippen molar-refractivity contribution in [3.05, 3.63) is 53.6 Å². The number of cyclic esters (lactones) is 1. The average Bonchev–Trinajstić information content (AvgIpc) is 2.74. The van der Waals surface area contributed by atoms with Crippen LogP contribution in [-0.4, -0.2) is 42.8 Å². The lowest BCUT2D eigenvalue weighted by Crippen LogP contribution is -2.38. The second kappa shape index (κ2) is 11.3. The van der Waals surface area contributed by atoms with Gasteiger partial charge in [-0.15, -0.1) is 0 Å². The number of hydrogen-bond donors (Lipinski definition) is 1. The van der Waals surface area contributed by atoms with Crippen molar-refractivity contribution in [1.82, 2.24) is 0 Å². The first-order valence-corrected chi connectivity index (χ1v) is 10.6. The second-order valence-electron chi connectivity index (χ2n) is 8.58. The fourth-order valence-electron chi connectivity index (χ4n) is 3.22. The summed E-state index contributed by atoms with van der Waals surface area (Å²) in [4.78, 5) is 25.1. The third-order valence-electron chi connectivity index (χ3n) is 5.74. The molecule has 6 nitrogen and oxygen atoms in total. The van der Waals surface area contributed by atoms with Gasteiger partial charge in [-0.3, -0.25) is 9.59 Å². The van der Waals surface area contributed by atoms with Gasteiger partial charge in [0.25, 0.3) is 0 Å². The predicted molar refractivity (Wildman–Crippen MR) is 119 cm³/mol. The summed E-state index contributed by atoms with van der Waals surface area (Å²) >= 11 is 0. The first-order valence-electron chi connectivity index (χ1n) is 10.6. The van der Waals surface area contributed by atoms with Gasteiger partial charge in [0, 0.05) is 6.42 Å². The molecule has 0 fully saturated rings. The number of allylic oxidation sites excluding steroid dienone is 1. The fraction of sp³-hybridized carbons (Fsp3) is 0.520. The Bertz CT molecular complexity index is 806. The van der Waals surface area contributed by atoms with Crippen molar-refractivity contribution in [3.8, 4) is 5.75 Å². The molecule has 0 bridgehead atoms. The predicted octanol–water partition coefficient (Wildman–Crippen LogP) is 4.01. The van der Waals surface area contributed by atoms with Crippen molar-refractivity contribution in [2.24, 2.45) is 11.3 Å². The number of carbonyl (C=O) groups excluding carboxylic acids is 2. The fourth-order valence-corrected chi connectivity index (χ4v) is 3.22. The Morgan fingerprint density at radius 3 is 2.52 bits per heavy atom. The zero-order chi connectivity index (χ0) is 23.0. The van der Waals surface area contributed by atoms with E-state index in [4.69, 9.17) is 14.2 Å². The number of ether oxygens (including phenoxy) is 3. The molecule has 0 radical (unpaired) electrons. The van der Waals surface area contributed by atoms with Crippen LogP contribution in [0.4, 0.5) is 0 Å². The van der Waals surface area contributed by atoms with Crippen molar-refractivity contribution >= 4 is 11.8 Å². The van der Waals surface area contributed by atoms with Crippen LogP contribution < -0.4 is 4.74 Å². The number of carbonyl (C=O) groups is 2. The highest BCUT2D eigenvalue weighted by molar-refractivity contribution is 5.95. The third kappa shape index (κ3) is 7.04. The first kappa shape index (κ1) is 24.8. The maximum absolute atomic E-state index is 13.0. The lowest BCUT2D eigenvalue weighted by Gasteiger charge is -2.32. The minimum Gasteiger partial charge on any atom is -0.497 e. The number of aliphatic hydroxyl groups is 1. The molecule has 1 aliphatic heterocycles. The quantitative estimate of drug-likeness (QED) is 0.574. The molecule has 1 aliphatic rings. The normalized spacial score (nSPS) is 28.1. The molecule has 0 amide bonds. The van der Waals surface area contributed by atoms with Crippen molar-refractivity contribution in [3.63, 3.8) is 0 Å². The monoisotopic (exact) mass is 430 g/mol. The van der Waals surface area contributed by atoms with Crippen LogP contribution in [0.25, 0.3) is 0 Å². The minimum absolute atomic E-state index is 0.0459. The van der Waals surface area contributed by atoms with E-state index in [-0.39, 0.29) is 12.4 Å². The molecule has 2 unspecified atom stereocenters. The van der Waals surface area contributed by atoms with Crippen molar-refractivity contribution in [2.75, 3.05) is 13.7 Å². The average molecular weight is 431 g/mol. The van der Waals surface area contributed by atoms with E-state index in [1.807, 2.05) is 45.0 Å². The number of aliphatic hydroxyl groups excluding tert-OH is 1. The zero-order valence-corrected chi connectivity index (χ0v) is 19.1. The third-order valence-corrected chi connectivity index (χ3v) is 5.74. The number of benzene rings is 1. The molecule has 1 aromatic carbocycles. The lowest BCUT2D eigenvalue weighted by molar-refractivity contribution is -0.150. The van der Waals surface area contributed by atoms with Crippen LogP contribution >= 0.6 is 0 Å².